The maximum Gasteiger partial charge on any atom is 0.333 e. The molecule has 0 bridgehead atoms. The Morgan fingerprint density at radius 2 is 1.54 bits per heavy atom. The number of thiazole rings is 1. The number of benzene rings is 1. The van der Waals surface area contributed by atoms with Gasteiger partial charge in [-0.1, -0.05) is 85.2 Å². The SMILES string of the molecule is CCC(C)C(C(CC(=O)N1CCCC1C(OC)C(C)C(=O)NC(Cc1ccccc1)c1nccs1)OC)N(C)C(=O)C(NC(=O)C(C(C)C)N(C)C(=O)CCCC(=O)ON1C(=O)CCC1=O)C(C)C. The van der Waals surface area contributed by atoms with Gasteiger partial charge < -0.3 is 39.6 Å². The summed E-state index contributed by atoms with van der Waals surface area (Å²) in [6, 6.07) is 6.62. The van der Waals surface area contributed by atoms with E-state index in [1.54, 1.807) is 44.0 Å². The zero-order chi connectivity index (χ0) is 51.1. The van der Waals surface area contributed by atoms with E-state index in [2.05, 4.69) is 15.6 Å². The second-order valence-corrected chi connectivity index (χ2v) is 20.0. The molecule has 2 aliphatic rings. The van der Waals surface area contributed by atoms with E-state index in [4.69, 9.17) is 14.3 Å². The predicted molar refractivity (Wildman–Crippen MR) is 258 cm³/mol. The normalized spacial score (nSPS) is 18.5. The summed E-state index contributed by atoms with van der Waals surface area (Å²) in [5.41, 5.74) is 1.06. The lowest BCUT2D eigenvalue weighted by atomic mass is 9.89. The van der Waals surface area contributed by atoms with Crippen molar-refractivity contribution in [3.05, 3.63) is 52.5 Å². The van der Waals surface area contributed by atoms with Crippen molar-refractivity contribution in [1.29, 1.82) is 0 Å². The van der Waals surface area contributed by atoms with Gasteiger partial charge in [-0.2, -0.15) is 0 Å². The van der Waals surface area contributed by atoms with Gasteiger partial charge >= 0.3 is 5.97 Å². The molecule has 3 heterocycles. The summed E-state index contributed by atoms with van der Waals surface area (Å²) in [5.74, 6) is -5.24. The van der Waals surface area contributed by atoms with Crippen LogP contribution in [-0.2, 0) is 59.1 Å². The minimum absolute atomic E-state index is 0.0344. The molecule has 2 aliphatic heterocycles. The van der Waals surface area contributed by atoms with Crippen molar-refractivity contribution in [2.45, 2.75) is 155 Å². The molecule has 1 aromatic heterocycles. The maximum atomic E-state index is 14.6. The van der Waals surface area contributed by atoms with E-state index in [0.717, 1.165) is 17.0 Å². The Morgan fingerprint density at radius 3 is 2.10 bits per heavy atom. The number of nitrogens with zero attached hydrogens (tertiary/aromatic N) is 5. The van der Waals surface area contributed by atoms with Gasteiger partial charge in [-0.15, -0.1) is 16.4 Å². The zero-order valence-corrected chi connectivity index (χ0v) is 43.1. The lowest BCUT2D eigenvalue weighted by Gasteiger charge is -2.41. The molecule has 0 radical (unpaired) electrons. The van der Waals surface area contributed by atoms with Crippen LogP contribution in [0.15, 0.2) is 41.9 Å². The van der Waals surface area contributed by atoms with Crippen LogP contribution < -0.4 is 10.6 Å². The fourth-order valence-electron chi connectivity index (χ4n) is 9.48. The quantitative estimate of drug-likeness (QED) is 0.121. The minimum Gasteiger partial charge on any atom is -0.379 e. The molecular formula is C50H75N7O11S. The molecule has 2 fully saturated rings. The van der Waals surface area contributed by atoms with Crippen LogP contribution in [0.25, 0.3) is 0 Å². The Balaban J connectivity index is 1.43. The highest BCUT2D eigenvalue weighted by atomic mass is 32.1. The number of rotatable bonds is 26. The number of aromatic nitrogens is 1. The number of hydrogen-bond donors (Lipinski definition) is 2. The standard InChI is InChI=1S/C50H75N7O11S/c1-12-32(6)45(55(9)50(65)43(30(2)3)53-48(64)44(31(4)5)54(8)38(58)21-16-22-42(62)68-57-39(59)23-24-40(57)60)37(66-10)29-41(61)56-26-17-20-36(56)46(67-11)33(7)47(63)52-35(49-51-25-27-69-49)28-34-18-14-13-15-19-34/h13-15,18-19,25,27,30-33,35-37,43-46H,12,16-17,20-24,26,28-29H2,1-11H3,(H,52,63)(H,53,64). The summed E-state index contributed by atoms with van der Waals surface area (Å²) in [7, 11) is 6.23. The molecule has 1 aromatic carbocycles. The first-order valence-corrected chi connectivity index (χ1v) is 25.1. The Kier molecular flexibility index (Phi) is 21.7. The van der Waals surface area contributed by atoms with Crippen molar-refractivity contribution in [1.82, 2.24) is 35.4 Å². The van der Waals surface area contributed by atoms with Crippen molar-refractivity contribution in [3.8, 4) is 0 Å². The third-order valence-corrected chi connectivity index (χ3v) is 14.4. The molecule has 0 spiro atoms. The van der Waals surface area contributed by atoms with E-state index in [9.17, 15) is 38.4 Å². The van der Waals surface area contributed by atoms with Gasteiger partial charge in [0.25, 0.3) is 11.8 Å². The van der Waals surface area contributed by atoms with Crippen LogP contribution in [-0.4, -0.2) is 143 Å². The molecule has 18 nitrogen and oxygen atoms in total. The highest BCUT2D eigenvalue weighted by Crippen LogP contribution is 2.31. The van der Waals surface area contributed by atoms with Gasteiger partial charge in [0.1, 0.15) is 17.1 Å². The third-order valence-electron chi connectivity index (χ3n) is 13.5. The van der Waals surface area contributed by atoms with Gasteiger partial charge in [-0.25, -0.2) is 9.78 Å². The van der Waals surface area contributed by atoms with Gasteiger partial charge in [-0.3, -0.25) is 33.6 Å². The molecule has 7 amide bonds. The maximum absolute atomic E-state index is 14.6. The van der Waals surface area contributed by atoms with E-state index in [1.165, 1.54) is 30.4 Å². The second kappa shape index (κ2) is 26.6. The molecule has 2 saturated heterocycles. The molecule has 4 rings (SSSR count). The summed E-state index contributed by atoms with van der Waals surface area (Å²) in [6.45, 7) is 13.5. The summed E-state index contributed by atoms with van der Waals surface area (Å²) >= 11 is 1.48. The van der Waals surface area contributed by atoms with Crippen LogP contribution >= 0.6 is 11.3 Å². The number of carbonyl (C=O) groups is 8. The first-order valence-electron chi connectivity index (χ1n) is 24.2. The van der Waals surface area contributed by atoms with Gasteiger partial charge in [0, 0.05) is 72.1 Å². The number of hydrogen-bond acceptors (Lipinski definition) is 13. The summed E-state index contributed by atoms with van der Waals surface area (Å²) in [6.07, 6.45) is 2.55. The van der Waals surface area contributed by atoms with Gasteiger partial charge in [-0.05, 0) is 49.0 Å². The number of likely N-dealkylation sites (tertiary alicyclic amines) is 1. The Morgan fingerprint density at radius 1 is 0.870 bits per heavy atom. The van der Waals surface area contributed by atoms with Gasteiger partial charge in [0.2, 0.25) is 29.5 Å². The minimum atomic E-state index is -1.00. The number of ether oxygens (including phenoxy) is 2. The number of hydroxylamine groups is 2. The average molecular weight is 982 g/mol. The molecule has 2 N–H and O–H groups in total. The highest BCUT2D eigenvalue weighted by Gasteiger charge is 2.44. The smallest absolute Gasteiger partial charge is 0.333 e. The van der Waals surface area contributed by atoms with E-state index in [-0.39, 0.29) is 86.1 Å². The third kappa shape index (κ3) is 14.9. The summed E-state index contributed by atoms with van der Waals surface area (Å²) < 4.78 is 12.1. The molecule has 9 unspecified atom stereocenters. The molecule has 0 aliphatic carbocycles. The summed E-state index contributed by atoms with van der Waals surface area (Å²) in [5, 5.41) is 9.29. The van der Waals surface area contributed by atoms with Crippen molar-refractivity contribution in [2.75, 3.05) is 34.9 Å². The van der Waals surface area contributed by atoms with Crippen LogP contribution in [0.3, 0.4) is 0 Å². The topological polar surface area (TPSA) is 214 Å². The number of amides is 7. The zero-order valence-electron chi connectivity index (χ0n) is 42.3. The first kappa shape index (κ1) is 56.3. The number of nitrogens with one attached hydrogen (secondary N) is 2. The average Bonchev–Trinajstić information content (AvgIpc) is 4.11. The highest BCUT2D eigenvalue weighted by molar-refractivity contribution is 7.09. The Hall–Kier alpha value is -5.27. The molecule has 9 atom stereocenters. The van der Waals surface area contributed by atoms with E-state index in [0.29, 0.717) is 30.9 Å². The van der Waals surface area contributed by atoms with Crippen LogP contribution in [0.4, 0.5) is 0 Å². The Labute approximate surface area is 411 Å². The van der Waals surface area contributed by atoms with E-state index >= 15 is 0 Å². The number of methoxy groups -OCH3 is 2. The number of likely N-dealkylation sites (N-methyl/N-ethyl adjacent to an activating group) is 2. The van der Waals surface area contributed by atoms with Crippen molar-refractivity contribution in [2.24, 2.45) is 23.7 Å². The number of carbonyl (C=O) groups excluding carboxylic acids is 8. The van der Waals surface area contributed by atoms with Crippen LogP contribution in [0.2, 0.25) is 0 Å². The molecule has 2 aromatic rings. The fraction of sp³-hybridized carbons (Fsp3) is 0.660. The lowest BCUT2D eigenvalue weighted by molar-refractivity contribution is -0.197. The molecule has 0 saturated carbocycles. The van der Waals surface area contributed by atoms with Crippen molar-refractivity contribution in [3.63, 3.8) is 0 Å². The largest absolute Gasteiger partial charge is 0.379 e. The number of imide groups is 1. The van der Waals surface area contributed by atoms with E-state index < -0.39 is 65.8 Å². The Bertz CT molecular complexity index is 2040. The second-order valence-electron chi connectivity index (χ2n) is 19.0. The van der Waals surface area contributed by atoms with Crippen LogP contribution in [0.5, 0.6) is 0 Å². The van der Waals surface area contributed by atoms with Crippen molar-refractivity contribution >= 4 is 58.7 Å². The van der Waals surface area contributed by atoms with E-state index in [1.807, 2.05) is 70.3 Å². The van der Waals surface area contributed by atoms with Crippen molar-refractivity contribution < 1.29 is 52.7 Å². The molecule has 69 heavy (non-hydrogen) atoms. The lowest BCUT2D eigenvalue weighted by Crippen LogP contribution is -2.60. The fourth-order valence-corrected chi connectivity index (χ4v) is 10.2. The van der Waals surface area contributed by atoms with Gasteiger partial charge in [0.05, 0.1) is 42.7 Å². The molecule has 382 valence electrons. The monoisotopic (exact) mass is 982 g/mol. The van der Waals surface area contributed by atoms with Crippen LogP contribution in [0, 0.1) is 23.7 Å². The molecular weight excluding hydrogens is 907 g/mol. The summed E-state index contributed by atoms with van der Waals surface area (Å²) in [4.78, 5) is 121. The molecule has 19 heteroatoms. The van der Waals surface area contributed by atoms with Gasteiger partial charge in [0.15, 0.2) is 0 Å². The predicted octanol–water partition coefficient (Wildman–Crippen LogP) is 4.86. The first-order chi connectivity index (χ1) is 32.7. The van der Waals surface area contributed by atoms with Crippen LogP contribution in [0.1, 0.15) is 123 Å².